The van der Waals surface area contributed by atoms with Crippen LogP contribution in [-0.4, -0.2) is 26.5 Å². The zero-order valence-corrected chi connectivity index (χ0v) is 16.3. The van der Waals surface area contributed by atoms with E-state index in [9.17, 15) is 18.3 Å². The molecule has 0 radical (unpaired) electrons. The van der Waals surface area contributed by atoms with Crippen LogP contribution in [0.3, 0.4) is 0 Å². The molecular weight excluding hydrogens is 400 g/mol. The molecule has 0 saturated heterocycles. The summed E-state index contributed by atoms with van der Waals surface area (Å²) >= 11 is 5.95. The Labute approximate surface area is 166 Å². The van der Waals surface area contributed by atoms with E-state index in [1.54, 1.807) is 12.1 Å². The average Bonchev–Trinajstić information content (AvgIpc) is 2.66. The molecule has 6 nitrogen and oxygen atoms in total. The summed E-state index contributed by atoms with van der Waals surface area (Å²) in [6.45, 7) is 0. The zero-order valence-electron chi connectivity index (χ0n) is 14.7. The summed E-state index contributed by atoms with van der Waals surface area (Å²) in [5.74, 6) is -1.52. The predicted octanol–water partition coefficient (Wildman–Crippen LogP) is 4.14. The van der Waals surface area contributed by atoms with Crippen LogP contribution in [0, 0.1) is 0 Å². The fourth-order valence-electron chi connectivity index (χ4n) is 3.21. The minimum atomic E-state index is -4.26. The van der Waals surface area contributed by atoms with E-state index < -0.39 is 26.6 Å². The van der Waals surface area contributed by atoms with Crippen LogP contribution in [-0.2, 0) is 14.8 Å². The van der Waals surface area contributed by atoms with Gasteiger partial charge in [0.2, 0.25) is 0 Å². The van der Waals surface area contributed by atoms with Gasteiger partial charge in [0.05, 0.1) is 5.69 Å². The summed E-state index contributed by atoms with van der Waals surface area (Å²) in [5, 5.41) is 15.2. The van der Waals surface area contributed by atoms with Crippen LogP contribution in [0.4, 0.5) is 11.4 Å². The van der Waals surface area contributed by atoms with Crippen LogP contribution in [0.25, 0.3) is 16.5 Å². The van der Waals surface area contributed by atoms with Gasteiger partial charge in [-0.1, -0.05) is 48.0 Å². The van der Waals surface area contributed by atoms with E-state index in [2.05, 4.69) is 5.32 Å². The van der Waals surface area contributed by atoms with Gasteiger partial charge in [0.15, 0.2) is 10.7 Å². The van der Waals surface area contributed by atoms with E-state index in [-0.39, 0.29) is 11.3 Å². The number of fused-ring (bicyclic) bond motifs is 2. The van der Waals surface area contributed by atoms with Crippen molar-refractivity contribution < 1.29 is 18.3 Å². The quantitative estimate of drug-likeness (QED) is 0.659. The highest BCUT2D eigenvalue weighted by Gasteiger charge is 2.39. The highest BCUT2D eigenvalue weighted by atomic mass is 35.5. The number of carbonyl (C=O) groups excluding carboxylic acids is 1. The molecule has 142 valence electrons. The van der Waals surface area contributed by atoms with Gasteiger partial charge in [-0.3, -0.25) is 9.10 Å². The number of hydrogen-bond acceptors (Lipinski definition) is 4. The fraction of sp³-hybridized carbons (Fsp3) is 0.0500. The molecule has 0 bridgehead atoms. The molecule has 0 spiro atoms. The molecular formula is C20H15ClN2O4S. The molecule has 2 N–H and O–H groups in total. The van der Waals surface area contributed by atoms with Crippen LogP contribution in [0.15, 0.2) is 65.6 Å². The van der Waals surface area contributed by atoms with Crippen molar-refractivity contribution in [2.75, 3.05) is 16.7 Å². The summed E-state index contributed by atoms with van der Waals surface area (Å²) in [6, 6.07) is 17.1. The Kier molecular flexibility index (Phi) is 4.28. The van der Waals surface area contributed by atoms with Crippen molar-refractivity contribution in [3.05, 3.63) is 76.2 Å². The van der Waals surface area contributed by atoms with Crippen molar-refractivity contribution in [2.24, 2.45) is 0 Å². The number of anilines is 2. The Bertz CT molecular complexity index is 1260. The third-order valence-corrected chi connectivity index (χ3v) is 6.68. The van der Waals surface area contributed by atoms with Gasteiger partial charge < -0.3 is 10.4 Å². The van der Waals surface area contributed by atoms with Crippen LogP contribution < -0.4 is 9.62 Å². The van der Waals surface area contributed by atoms with Crippen LogP contribution in [0.1, 0.15) is 5.56 Å². The summed E-state index contributed by atoms with van der Waals surface area (Å²) < 4.78 is 26.7. The Balaban J connectivity index is 1.84. The van der Waals surface area contributed by atoms with Crippen molar-refractivity contribution >= 4 is 55.4 Å². The topological polar surface area (TPSA) is 86.7 Å². The fourth-order valence-corrected chi connectivity index (χ4v) is 4.70. The number of aliphatic hydroxyl groups is 1. The van der Waals surface area contributed by atoms with Crippen molar-refractivity contribution in [1.29, 1.82) is 0 Å². The number of nitrogens with zero attached hydrogens (tertiary/aromatic N) is 1. The maximum absolute atomic E-state index is 12.9. The normalized spacial score (nSPS) is 15.4. The molecule has 3 aromatic carbocycles. The molecule has 0 aliphatic carbocycles. The van der Waals surface area contributed by atoms with Crippen LogP contribution in [0.2, 0.25) is 5.02 Å². The lowest BCUT2D eigenvalue weighted by Gasteiger charge is -2.28. The van der Waals surface area contributed by atoms with Crippen molar-refractivity contribution in [1.82, 2.24) is 0 Å². The van der Waals surface area contributed by atoms with E-state index in [0.29, 0.717) is 10.7 Å². The molecule has 28 heavy (non-hydrogen) atoms. The highest BCUT2D eigenvalue weighted by Crippen LogP contribution is 2.39. The Morgan fingerprint density at radius 3 is 2.57 bits per heavy atom. The second-order valence-electron chi connectivity index (χ2n) is 6.29. The molecule has 0 saturated carbocycles. The molecule has 1 aliphatic rings. The first-order valence-corrected chi connectivity index (χ1v) is 10.1. The molecule has 1 amide bonds. The second-order valence-corrected chi connectivity index (χ2v) is 8.64. The average molecular weight is 415 g/mol. The third kappa shape index (κ3) is 2.80. The molecule has 0 unspecified atom stereocenters. The Morgan fingerprint density at radius 1 is 1.07 bits per heavy atom. The van der Waals surface area contributed by atoms with Gasteiger partial charge in [-0.25, -0.2) is 8.42 Å². The van der Waals surface area contributed by atoms with E-state index in [0.717, 1.165) is 15.1 Å². The lowest BCUT2D eigenvalue weighted by Crippen LogP contribution is -2.37. The van der Waals surface area contributed by atoms with E-state index >= 15 is 0 Å². The summed E-state index contributed by atoms with van der Waals surface area (Å²) in [5.41, 5.74) is 0.861. The zero-order chi connectivity index (χ0) is 20.1. The highest BCUT2D eigenvalue weighted by molar-refractivity contribution is 7.97. The summed E-state index contributed by atoms with van der Waals surface area (Å²) in [7, 11) is -2.95. The smallest absolute Gasteiger partial charge is 0.273 e. The Hall–Kier alpha value is -3.03. The van der Waals surface area contributed by atoms with Crippen molar-refractivity contribution in [3.63, 3.8) is 0 Å². The third-order valence-electron chi connectivity index (χ3n) is 4.63. The molecule has 0 fully saturated rings. The largest absolute Gasteiger partial charge is 0.506 e. The number of carbonyl (C=O) groups is 1. The number of nitrogens with one attached hydrogen (secondary N) is 1. The van der Waals surface area contributed by atoms with Gasteiger partial charge in [0.1, 0.15) is 0 Å². The second kappa shape index (κ2) is 6.54. The SMILES string of the molecule is CN1c2cc(Cl)ccc2C(O)=C(C(=O)Nc2cccc3ccccc23)S1(=O)=O. The van der Waals surface area contributed by atoms with E-state index in [1.807, 2.05) is 30.3 Å². The van der Waals surface area contributed by atoms with Gasteiger partial charge in [-0.2, -0.15) is 0 Å². The maximum atomic E-state index is 12.9. The van der Waals surface area contributed by atoms with Crippen molar-refractivity contribution in [2.45, 2.75) is 0 Å². The summed E-state index contributed by atoms with van der Waals surface area (Å²) in [6.07, 6.45) is 0. The first-order chi connectivity index (χ1) is 13.3. The first-order valence-electron chi connectivity index (χ1n) is 8.32. The number of halogens is 1. The van der Waals surface area contributed by atoms with Gasteiger partial charge in [-0.15, -0.1) is 0 Å². The number of aliphatic hydroxyl groups excluding tert-OH is 1. The molecule has 1 heterocycles. The van der Waals surface area contributed by atoms with Gasteiger partial charge in [0, 0.05) is 28.7 Å². The number of sulfonamides is 1. The van der Waals surface area contributed by atoms with Gasteiger partial charge in [-0.05, 0) is 29.7 Å². The van der Waals surface area contributed by atoms with Crippen LogP contribution in [0.5, 0.6) is 0 Å². The number of rotatable bonds is 2. The molecule has 4 rings (SSSR count). The lowest BCUT2D eigenvalue weighted by molar-refractivity contribution is -0.112. The van der Waals surface area contributed by atoms with Crippen molar-refractivity contribution in [3.8, 4) is 0 Å². The first kappa shape index (κ1) is 18.3. The predicted molar refractivity (Wildman–Crippen MR) is 111 cm³/mol. The number of benzene rings is 3. The molecule has 1 aliphatic heterocycles. The monoisotopic (exact) mass is 414 g/mol. The van der Waals surface area contributed by atoms with Crippen LogP contribution >= 0.6 is 11.6 Å². The summed E-state index contributed by atoms with van der Waals surface area (Å²) in [4.78, 5) is 12.2. The number of hydrogen-bond donors (Lipinski definition) is 2. The maximum Gasteiger partial charge on any atom is 0.273 e. The molecule has 8 heteroatoms. The van der Waals surface area contributed by atoms with Gasteiger partial charge in [0.25, 0.3) is 15.9 Å². The molecule has 3 aromatic rings. The molecule has 0 aromatic heterocycles. The van der Waals surface area contributed by atoms with E-state index in [4.69, 9.17) is 11.6 Å². The lowest BCUT2D eigenvalue weighted by atomic mass is 10.1. The molecule has 0 atom stereocenters. The van der Waals surface area contributed by atoms with Gasteiger partial charge >= 0.3 is 0 Å². The minimum absolute atomic E-state index is 0.201. The standard InChI is InChI=1S/C20H15ClN2O4S/c1-23-17-11-13(21)9-10-15(17)18(24)19(28(23,26)27)20(25)22-16-8-4-6-12-5-2-3-7-14(12)16/h2-11,24H,1H3,(H,22,25). The van der Waals surface area contributed by atoms with E-state index in [1.165, 1.54) is 25.2 Å². The Morgan fingerprint density at radius 2 is 1.79 bits per heavy atom. The number of amides is 1. The minimum Gasteiger partial charge on any atom is -0.506 e.